The Balaban J connectivity index is 1.70. The molecule has 1 fully saturated rings. The van der Waals surface area contributed by atoms with E-state index in [-0.39, 0.29) is 17.8 Å². The van der Waals surface area contributed by atoms with Gasteiger partial charge in [0.1, 0.15) is 16.7 Å². The lowest BCUT2D eigenvalue weighted by Crippen LogP contribution is -2.39. The third kappa shape index (κ3) is 3.07. The van der Waals surface area contributed by atoms with Gasteiger partial charge in [0.2, 0.25) is 0 Å². The number of hydrogen-bond donors (Lipinski definition) is 1. The highest BCUT2D eigenvalue weighted by Gasteiger charge is 2.32. The average molecular weight is 370 g/mol. The van der Waals surface area contributed by atoms with Gasteiger partial charge in [-0.05, 0) is 55.9 Å². The van der Waals surface area contributed by atoms with E-state index in [4.69, 9.17) is 0 Å². The molecule has 1 aliphatic rings. The van der Waals surface area contributed by atoms with E-state index in [0.717, 1.165) is 24.3 Å². The second kappa shape index (κ2) is 7.07. The number of halogens is 1. The second-order valence-corrected chi connectivity index (χ2v) is 7.15. The smallest absolute Gasteiger partial charge is 0.257 e. The van der Waals surface area contributed by atoms with Crippen LogP contribution in [-0.4, -0.2) is 38.6 Å². The quantitative estimate of drug-likeness (QED) is 0.703. The predicted molar refractivity (Wildman–Crippen MR) is 99.7 cm³/mol. The molecule has 1 saturated heterocycles. The fourth-order valence-electron chi connectivity index (χ4n) is 3.49. The summed E-state index contributed by atoms with van der Waals surface area (Å²) >= 11 is 1.47. The van der Waals surface area contributed by atoms with E-state index >= 15 is 0 Å². The first-order chi connectivity index (χ1) is 12.7. The Labute approximate surface area is 155 Å². The number of aromatic nitrogens is 3. The molecule has 26 heavy (non-hydrogen) atoms. The van der Waals surface area contributed by atoms with Crippen molar-refractivity contribution in [1.29, 1.82) is 0 Å². The molecule has 1 N–H and O–H groups in total. The number of piperidine rings is 1. The standard InChI is InChI=1S/C19H19FN4OS/c1-26-18-13(5-4-9-21-18)19(25)24-10-3-2-6-16(24)17-22-14-8-7-12(20)11-15(14)23-17/h4-5,7-9,11,16H,2-3,6,10H2,1H3,(H,22,23)/t16-/m0/s1. The van der Waals surface area contributed by atoms with Gasteiger partial charge in [0.25, 0.3) is 5.91 Å². The summed E-state index contributed by atoms with van der Waals surface area (Å²) in [7, 11) is 0. The molecule has 0 bridgehead atoms. The Morgan fingerprint density at radius 3 is 3.08 bits per heavy atom. The Kier molecular flexibility index (Phi) is 4.63. The van der Waals surface area contributed by atoms with Gasteiger partial charge in [0.05, 0.1) is 22.6 Å². The first kappa shape index (κ1) is 17.0. The summed E-state index contributed by atoms with van der Waals surface area (Å²) < 4.78 is 13.5. The van der Waals surface area contributed by atoms with Crippen LogP contribution in [0.25, 0.3) is 11.0 Å². The van der Waals surface area contributed by atoms with Crippen molar-refractivity contribution in [2.45, 2.75) is 30.3 Å². The largest absolute Gasteiger partial charge is 0.340 e. The van der Waals surface area contributed by atoms with Gasteiger partial charge >= 0.3 is 0 Å². The van der Waals surface area contributed by atoms with Gasteiger partial charge in [-0.1, -0.05) is 0 Å². The van der Waals surface area contributed by atoms with Crippen LogP contribution in [0.2, 0.25) is 0 Å². The number of benzene rings is 1. The van der Waals surface area contributed by atoms with Crippen LogP contribution in [0.4, 0.5) is 4.39 Å². The minimum atomic E-state index is -0.302. The lowest BCUT2D eigenvalue weighted by Gasteiger charge is -2.34. The van der Waals surface area contributed by atoms with Crippen molar-refractivity contribution < 1.29 is 9.18 Å². The number of nitrogens with zero attached hydrogens (tertiary/aromatic N) is 3. The van der Waals surface area contributed by atoms with Crippen molar-refractivity contribution in [1.82, 2.24) is 19.9 Å². The molecule has 1 aromatic carbocycles. The van der Waals surface area contributed by atoms with Crippen molar-refractivity contribution in [3.63, 3.8) is 0 Å². The maximum atomic E-state index is 13.5. The number of thioether (sulfide) groups is 1. The van der Waals surface area contributed by atoms with Gasteiger partial charge in [0.15, 0.2) is 0 Å². The minimum absolute atomic E-state index is 0.0289. The van der Waals surface area contributed by atoms with E-state index < -0.39 is 0 Å². The summed E-state index contributed by atoms with van der Waals surface area (Å²) in [6.07, 6.45) is 6.45. The molecule has 0 aliphatic carbocycles. The maximum absolute atomic E-state index is 13.5. The van der Waals surface area contributed by atoms with Crippen LogP contribution in [0.15, 0.2) is 41.6 Å². The number of rotatable bonds is 3. The molecular formula is C19H19FN4OS. The molecule has 5 nitrogen and oxygen atoms in total. The SMILES string of the molecule is CSc1ncccc1C(=O)N1CCCC[C@H]1c1nc2ccc(F)cc2[nH]1. The average Bonchev–Trinajstić information content (AvgIpc) is 3.10. The number of likely N-dealkylation sites (tertiary alicyclic amines) is 1. The first-order valence-electron chi connectivity index (χ1n) is 8.62. The number of carbonyl (C=O) groups excluding carboxylic acids is 1. The van der Waals surface area contributed by atoms with Gasteiger partial charge < -0.3 is 9.88 Å². The molecule has 1 atom stereocenters. The van der Waals surface area contributed by atoms with Crippen LogP contribution in [0.1, 0.15) is 41.5 Å². The molecule has 1 aliphatic heterocycles. The Morgan fingerprint density at radius 2 is 2.23 bits per heavy atom. The fraction of sp³-hybridized carbons (Fsp3) is 0.316. The summed E-state index contributed by atoms with van der Waals surface area (Å²) in [4.78, 5) is 27.2. The molecule has 2 aromatic heterocycles. The van der Waals surface area contributed by atoms with Crippen molar-refractivity contribution in [2.75, 3.05) is 12.8 Å². The molecule has 1 amide bonds. The Morgan fingerprint density at radius 1 is 1.35 bits per heavy atom. The van der Waals surface area contributed by atoms with E-state index in [1.54, 1.807) is 18.3 Å². The molecular weight excluding hydrogens is 351 g/mol. The number of hydrogen-bond acceptors (Lipinski definition) is 4. The van der Waals surface area contributed by atoms with Crippen LogP contribution in [0, 0.1) is 5.82 Å². The molecule has 7 heteroatoms. The van der Waals surface area contributed by atoms with Crippen molar-refractivity contribution in [2.24, 2.45) is 0 Å². The summed E-state index contributed by atoms with van der Waals surface area (Å²) in [5, 5.41) is 0.730. The van der Waals surface area contributed by atoms with Crippen LogP contribution < -0.4 is 0 Å². The number of carbonyl (C=O) groups is 1. The van der Waals surface area contributed by atoms with E-state index in [2.05, 4.69) is 15.0 Å². The summed E-state index contributed by atoms with van der Waals surface area (Å²) in [6.45, 7) is 0.678. The van der Waals surface area contributed by atoms with Crippen LogP contribution in [0.3, 0.4) is 0 Å². The highest BCUT2D eigenvalue weighted by molar-refractivity contribution is 7.98. The fourth-order valence-corrected chi connectivity index (χ4v) is 4.03. The molecule has 0 saturated carbocycles. The molecule has 3 heterocycles. The topological polar surface area (TPSA) is 61.9 Å². The third-order valence-corrected chi connectivity index (χ3v) is 5.45. The zero-order valence-corrected chi connectivity index (χ0v) is 15.2. The lowest BCUT2D eigenvalue weighted by molar-refractivity contribution is 0.0597. The molecule has 4 rings (SSSR count). The summed E-state index contributed by atoms with van der Waals surface area (Å²) in [6, 6.07) is 7.97. The zero-order valence-electron chi connectivity index (χ0n) is 14.4. The molecule has 0 spiro atoms. The van der Waals surface area contributed by atoms with Gasteiger partial charge in [0, 0.05) is 12.7 Å². The molecule has 0 unspecified atom stereocenters. The predicted octanol–water partition coefficient (Wildman–Crippen LogP) is 4.19. The van der Waals surface area contributed by atoms with Gasteiger partial charge in [-0.2, -0.15) is 0 Å². The van der Waals surface area contributed by atoms with Crippen LogP contribution in [0.5, 0.6) is 0 Å². The van der Waals surface area contributed by atoms with Crippen molar-refractivity contribution in [3.05, 3.63) is 53.7 Å². The first-order valence-corrected chi connectivity index (χ1v) is 9.85. The molecule has 0 radical (unpaired) electrons. The monoisotopic (exact) mass is 370 g/mol. The molecule has 134 valence electrons. The zero-order chi connectivity index (χ0) is 18.1. The number of H-pyrrole nitrogens is 1. The normalized spacial score (nSPS) is 17.6. The van der Waals surface area contributed by atoms with Gasteiger partial charge in [-0.25, -0.2) is 14.4 Å². The number of amides is 1. The number of pyridine rings is 1. The van der Waals surface area contributed by atoms with Crippen LogP contribution in [-0.2, 0) is 0 Å². The van der Waals surface area contributed by atoms with Gasteiger partial charge in [-0.15, -0.1) is 11.8 Å². The van der Waals surface area contributed by atoms with E-state index in [0.29, 0.717) is 29.0 Å². The highest BCUT2D eigenvalue weighted by atomic mass is 32.2. The Hall–Kier alpha value is -2.41. The number of nitrogens with one attached hydrogen (secondary N) is 1. The van der Waals surface area contributed by atoms with E-state index in [1.807, 2.05) is 17.2 Å². The van der Waals surface area contributed by atoms with Crippen molar-refractivity contribution >= 4 is 28.7 Å². The summed E-state index contributed by atoms with van der Waals surface area (Å²) in [5.41, 5.74) is 1.99. The maximum Gasteiger partial charge on any atom is 0.257 e. The Bertz CT molecular complexity index is 958. The molecule has 3 aromatic rings. The minimum Gasteiger partial charge on any atom is -0.340 e. The highest BCUT2D eigenvalue weighted by Crippen LogP contribution is 2.33. The van der Waals surface area contributed by atoms with E-state index in [9.17, 15) is 9.18 Å². The van der Waals surface area contributed by atoms with Crippen LogP contribution >= 0.6 is 11.8 Å². The van der Waals surface area contributed by atoms with E-state index in [1.165, 1.54) is 23.9 Å². The summed E-state index contributed by atoms with van der Waals surface area (Å²) in [5.74, 6) is 0.385. The number of aromatic amines is 1. The lowest BCUT2D eigenvalue weighted by atomic mass is 10.0. The van der Waals surface area contributed by atoms with Gasteiger partial charge in [-0.3, -0.25) is 4.79 Å². The number of fused-ring (bicyclic) bond motifs is 1. The number of imidazole rings is 1. The third-order valence-electron chi connectivity index (χ3n) is 4.74. The second-order valence-electron chi connectivity index (χ2n) is 6.35. The van der Waals surface area contributed by atoms with Crippen molar-refractivity contribution in [3.8, 4) is 0 Å².